The molecular formula is C14H21F3N10. The number of anilines is 2. The van der Waals surface area contributed by atoms with Crippen molar-refractivity contribution in [2.24, 2.45) is 11.5 Å². The number of rotatable bonds is 6. The number of piperazine rings is 1. The maximum atomic E-state index is 12.6. The van der Waals surface area contributed by atoms with Crippen molar-refractivity contribution in [1.29, 1.82) is 0 Å². The number of nitrogens with two attached hydrogens (primary N) is 2. The van der Waals surface area contributed by atoms with Crippen molar-refractivity contribution in [3.05, 3.63) is 18.0 Å². The van der Waals surface area contributed by atoms with Crippen molar-refractivity contribution < 1.29 is 13.2 Å². The van der Waals surface area contributed by atoms with Crippen LogP contribution in [0, 0.1) is 0 Å². The van der Waals surface area contributed by atoms with Gasteiger partial charge in [0, 0.05) is 51.2 Å². The normalized spacial score (nSPS) is 16.6. The fourth-order valence-corrected chi connectivity index (χ4v) is 2.59. The van der Waals surface area contributed by atoms with E-state index in [-0.39, 0.29) is 12.0 Å². The average Bonchev–Trinajstić information content (AvgIpc) is 3.14. The SMILES string of the molecule is NCC(N)CCn1nnc(N2CCN(c3ncc(C(F)(F)F)cn3)CC2)n1. The number of hydrogen-bond acceptors (Lipinski definition) is 9. The summed E-state index contributed by atoms with van der Waals surface area (Å²) in [6.07, 6.45) is -2.18. The fourth-order valence-electron chi connectivity index (χ4n) is 2.59. The highest BCUT2D eigenvalue weighted by atomic mass is 19.4. The molecule has 1 aliphatic rings. The Bertz CT molecular complexity index is 723. The van der Waals surface area contributed by atoms with Gasteiger partial charge >= 0.3 is 6.18 Å². The van der Waals surface area contributed by atoms with Crippen LogP contribution in [0.25, 0.3) is 0 Å². The highest BCUT2D eigenvalue weighted by Crippen LogP contribution is 2.28. The number of hydrogen-bond donors (Lipinski definition) is 2. The quantitative estimate of drug-likeness (QED) is 0.674. The van der Waals surface area contributed by atoms with E-state index < -0.39 is 11.7 Å². The van der Waals surface area contributed by atoms with E-state index in [1.165, 1.54) is 4.80 Å². The van der Waals surface area contributed by atoms with Crippen molar-refractivity contribution in [1.82, 2.24) is 30.2 Å². The number of nitrogens with zero attached hydrogens (tertiary/aromatic N) is 8. The third-order valence-electron chi connectivity index (χ3n) is 4.26. The van der Waals surface area contributed by atoms with Crippen LogP contribution >= 0.6 is 0 Å². The molecule has 2 aromatic heterocycles. The van der Waals surface area contributed by atoms with Gasteiger partial charge in [0.15, 0.2) is 0 Å². The molecular weight excluding hydrogens is 365 g/mol. The molecule has 1 atom stereocenters. The fraction of sp³-hybridized carbons (Fsp3) is 0.643. The number of tetrazole rings is 1. The minimum atomic E-state index is -4.44. The number of alkyl halides is 3. The summed E-state index contributed by atoms with van der Waals surface area (Å²) in [5.41, 5.74) is 10.4. The van der Waals surface area contributed by atoms with Crippen LogP contribution in [-0.2, 0) is 12.7 Å². The van der Waals surface area contributed by atoms with Crippen LogP contribution < -0.4 is 21.3 Å². The first-order chi connectivity index (χ1) is 12.9. The summed E-state index contributed by atoms with van der Waals surface area (Å²) in [6.45, 7) is 3.17. The summed E-state index contributed by atoms with van der Waals surface area (Å²) >= 11 is 0. The second-order valence-electron chi connectivity index (χ2n) is 6.21. The Morgan fingerprint density at radius 1 is 1.04 bits per heavy atom. The van der Waals surface area contributed by atoms with Crippen LogP contribution in [0.2, 0.25) is 0 Å². The van der Waals surface area contributed by atoms with E-state index in [1.54, 1.807) is 0 Å². The van der Waals surface area contributed by atoms with E-state index >= 15 is 0 Å². The van der Waals surface area contributed by atoms with Gasteiger partial charge in [0.2, 0.25) is 5.95 Å². The molecule has 1 unspecified atom stereocenters. The van der Waals surface area contributed by atoms with Crippen LogP contribution in [0.5, 0.6) is 0 Å². The van der Waals surface area contributed by atoms with Crippen LogP contribution in [0.1, 0.15) is 12.0 Å². The van der Waals surface area contributed by atoms with Gasteiger partial charge < -0.3 is 21.3 Å². The van der Waals surface area contributed by atoms with Crippen LogP contribution in [-0.4, -0.2) is 68.9 Å². The van der Waals surface area contributed by atoms with Crippen molar-refractivity contribution >= 4 is 11.9 Å². The number of aromatic nitrogens is 6. The van der Waals surface area contributed by atoms with Crippen LogP contribution in [0.4, 0.5) is 25.1 Å². The lowest BCUT2D eigenvalue weighted by Crippen LogP contribution is -2.47. The lowest BCUT2D eigenvalue weighted by Gasteiger charge is -2.33. The molecule has 13 heteroatoms. The second-order valence-corrected chi connectivity index (χ2v) is 6.21. The minimum absolute atomic E-state index is 0.105. The maximum Gasteiger partial charge on any atom is 0.419 e. The molecule has 3 heterocycles. The summed E-state index contributed by atoms with van der Waals surface area (Å²) in [4.78, 5) is 12.9. The Labute approximate surface area is 153 Å². The minimum Gasteiger partial charge on any atom is -0.337 e. The Balaban J connectivity index is 1.54. The van der Waals surface area contributed by atoms with E-state index in [0.717, 1.165) is 12.4 Å². The molecule has 4 N–H and O–H groups in total. The first-order valence-electron chi connectivity index (χ1n) is 8.49. The molecule has 0 spiro atoms. The van der Waals surface area contributed by atoms with E-state index in [1.807, 2.05) is 9.80 Å². The zero-order chi connectivity index (χ0) is 19.4. The Kier molecular flexibility index (Phi) is 5.70. The van der Waals surface area contributed by atoms with E-state index in [4.69, 9.17) is 11.5 Å². The zero-order valence-corrected chi connectivity index (χ0v) is 14.5. The predicted octanol–water partition coefficient (Wildman–Crippen LogP) is -0.515. The second kappa shape index (κ2) is 8.00. The van der Waals surface area contributed by atoms with Gasteiger partial charge in [-0.2, -0.15) is 18.0 Å². The lowest BCUT2D eigenvalue weighted by molar-refractivity contribution is -0.138. The predicted molar refractivity (Wildman–Crippen MR) is 90.9 cm³/mol. The molecule has 0 amide bonds. The Morgan fingerprint density at radius 2 is 1.63 bits per heavy atom. The molecule has 0 saturated carbocycles. The van der Waals surface area contributed by atoms with Crippen LogP contribution in [0.3, 0.4) is 0 Å². The van der Waals surface area contributed by atoms with Crippen molar-refractivity contribution in [2.45, 2.75) is 25.2 Å². The zero-order valence-electron chi connectivity index (χ0n) is 14.5. The summed E-state index contributed by atoms with van der Waals surface area (Å²) in [5, 5.41) is 12.4. The summed E-state index contributed by atoms with van der Waals surface area (Å²) in [5.74, 6) is 0.777. The molecule has 0 bridgehead atoms. The van der Waals surface area contributed by atoms with E-state index in [0.29, 0.717) is 51.6 Å². The summed E-state index contributed by atoms with van der Waals surface area (Å²) in [7, 11) is 0. The molecule has 0 aromatic carbocycles. The van der Waals surface area contributed by atoms with Crippen LogP contribution in [0.15, 0.2) is 12.4 Å². The highest BCUT2D eigenvalue weighted by Gasteiger charge is 2.32. The molecule has 148 valence electrons. The standard InChI is InChI=1S/C14H21F3N10/c15-14(16,17)10-8-20-12(21-9-10)25-3-5-26(6-4-25)13-22-24-27(23-13)2-1-11(19)7-18/h8-9,11H,1-7,18-19H2. The largest absolute Gasteiger partial charge is 0.419 e. The lowest BCUT2D eigenvalue weighted by atomic mass is 10.2. The third-order valence-corrected chi connectivity index (χ3v) is 4.26. The number of aryl methyl sites for hydroxylation is 1. The molecule has 1 fully saturated rings. The van der Waals surface area contributed by atoms with Gasteiger partial charge in [0.25, 0.3) is 5.95 Å². The topological polar surface area (TPSA) is 128 Å². The van der Waals surface area contributed by atoms with Gasteiger partial charge in [0.05, 0.1) is 12.1 Å². The van der Waals surface area contributed by atoms with Crippen molar-refractivity contribution in [3.8, 4) is 0 Å². The first kappa shape index (κ1) is 19.2. The van der Waals surface area contributed by atoms with Crippen molar-refractivity contribution in [2.75, 3.05) is 42.5 Å². The van der Waals surface area contributed by atoms with E-state index in [2.05, 4.69) is 25.4 Å². The van der Waals surface area contributed by atoms with Gasteiger partial charge in [-0.3, -0.25) is 0 Å². The molecule has 27 heavy (non-hydrogen) atoms. The first-order valence-corrected chi connectivity index (χ1v) is 8.49. The Morgan fingerprint density at radius 3 is 2.19 bits per heavy atom. The molecule has 1 saturated heterocycles. The molecule has 1 aliphatic heterocycles. The average molecular weight is 386 g/mol. The third kappa shape index (κ3) is 4.80. The van der Waals surface area contributed by atoms with E-state index in [9.17, 15) is 13.2 Å². The molecule has 2 aromatic rings. The van der Waals surface area contributed by atoms with Crippen molar-refractivity contribution in [3.63, 3.8) is 0 Å². The van der Waals surface area contributed by atoms with Gasteiger partial charge in [-0.1, -0.05) is 5.10 Å². The monoisotopic (exact) mass is 386 g/mol. The Hall–Kier alpha value is -2.54. The molecule has 0 aliphatic carbocycles. The number of halogens is 3. The van der Waals surface area contributed by atoms with Gasteiger partial charge in [-0.25, -0.2) is 9.97 Å². The highest BCUT2D eigenvalue weighted by molar-refractivity contribution is 5.36. The molecule has 0 radical (unpaired) electrons. The summed E-state index contributed by atoms with van der Waals surface area (Å²) < 4.78 is 37.8. The van der Waals surface area contributed by atoms with Gasteiger partial charge in [-0.15, -0.1) is 5.10 Å². The molecule has 3 rings (SSSR count). The summed E-state index contributed by atoms with van der Waals surface area (Å²) in [6, 6.07) is -0.105. The maximum absolute atomic E-state index is 12.6. The van der Waals surface area contributed by atoms with Gasteiger partial charge in [0.1, 0.15) is 0 Å². The van der Waals surface area contributed by atoms with Gasteiger partial charge in [-0.05, 0) is 11.6 Å². The smallest absolute Gasteiger partial charge is 0.337 e. The molecule has 10 nitrogen and oxygen atoms in total.